The van der Waals surface area contributed by atoms with E-state index in [2.05, 4.69) is 5.73 Å². The second-order valence-corrected chi connectivity index (χ2v) is 10.0. The highest BCUT2D eigenvalue weighted by Crippen LogP contribution is 2.41. The zero-order valence-electron chi connectivity index (χ0n) is 20.2. The molecule has 3 aliphatic rings. The maximum atomic E-state index is 15.9. The molecule has 4 unspecified atom stereocenters. The lowest BCUT2D eigenvalue weighted by atomic mass is 9.72. The first-order chi connectivity index (χ1) is 16.3. The molecule has 34 heavy (non-hydrogen) atoms. The van der Waals surface area contributed by atoms with Gasteiger partial charge in [0.1, 0.15) is 17.6 Å². The van der Waals surface area contributed by atoms with Gasteiger partial charge in [-0.05, 0) is 42.7 Å². The second kappa shape index (κ2) is 11.9. The average Bonchev–Trinajstić information content (AvgIpc) is 3.57. The molecule has 1 saturated carbocycles. The van der Waals surface area contributed by atoms with Gasteiger partial charge >= 0.3 is 0 Å². The zero-order valence-corrected chi connectivity index (χ0v) is 20.2. The van der Waals surface area contributed by atoms with Crippen molar-refractivity contribution in [3.63, 3.8) is 0 Å². The molecule has 2 amide bonds. The molecule has 0 bridgehead atoms. The van der Waals surface area contributed by atoms with E-state index >= 15 is 4.39 Å². The van der Waals surface area contributed by atoms with Gasteiger partial charge in [-0.25, -0.2) is 4.39 Å². The Bertz CT molecular complexity index is 873. The maximum absolute atomic E-state index is 15.9. The van der Waals surface area contributed by atoms with Crippen LogP contribution in [-0.4, -0.2) is 53.8 Å². The Morgan fingerprint density at radius 1 is 1.09 bits per heavy atom. The second-order valence-electron chi connectivity index (χ2n) is 10.0. The zero-order chi connectivity index (χ0) is 24.8. The summed E-state index contributed by atoms with van der Waals surface area (Å²) in [7, 11) is 0. The van der Waals surface area contributed by atoms with Crippen molar-refractivity contribution in [2.75, 3.05) is 19.6 Å². The Morgan fingerprint density at radius 3 is 2.32 bits per heavy atom. The first-order valence-corrected chi connectivity index (χ1v) is 12.5. The molecule has 4 rings (SSSR count). The normalized spacial score (nSPS) is 25.8. The number of ketones is 1. The van der Waals surface area contributed by atoms with Crippen LogP contribution in [0, 0.1) is 17.7 Å². The molecule has 1 aromatic carbocycles. The van der Waals surface area contributed by atoms with Crippen molar-refractivity contribution in [3.05, 3.63) is 35.1 Å². The maximum Gasteiger partial charge on any atom is 0.244 e. The summed E-state index contributed by atoms with van der Waals surface area (Å²) in [6, 6.07) is 4.79. The number of halogens is 2. The topological polar surface area (TPSA) is 83.5 Å². The highest BCUT2D eigenvalue weighted by molar-refractivity contribution is 5.88. The summed E-state index contributed by atoms with van der Waals surface area (Å²) in [6.45, 7) is 4.96. The van der Waals surface area contributed by atoms with Crippen molar-refractivity contribution in [3.8, 4) is 0 Å². The summed E-state index contributed by atoms with van der Waals surface area (Å²) in [4.78, 5) is 35.9. The number of primary amides is 1. The monoisotopic (exact) mass is 477 g/mol. The van der Waals surface area contributed by atoms with Crippen LogP contribution < -0.4 is 5.73 Å². The minimum atomic E-state index is -0.658. The lowest BCUT2D eigenvalue weighted by Gasteiger charge is -2.34. The van der Waals surface area contributed by atoms with Gasteiger partial charge in [0.2, 0.25) is 12.3 Å². The molecule has 3 fully saturated rings. The molecule has 6 nitrogen and oxygen atoms in total. The van der Waals surface area contributed by atoms with Crippen LogP contribution in [0.5, 0.6) is 0 Å². The number of carbonyl (C=O) groups excluding carboxylic acids is 3. The number of rotatable bonds is 6. The molecule has 1 aromatic rings. The first kappa shape index (κ1) is 26.3. The largest absolute Gasteiger partial charge is 0.372 e. The molecule has 2 aliphatic heterocycles. The van der Waals surface area contributed by atoms with Gasteiger partial charge in [-0.2, -0.15) is 0 Å². The standard InChI is InChI=1S/C25H34F2N2O2.CH3NO/c1-16(2)24(30)22(17-8-4-3-5-9-17)20-12-6-11-19(23(20)26)18-10-7-13-28(14-18)25(31)21-15-29(21)27;2-1-3/h6,11-12,16-18,21-22H,3-5,7-10,13-15H2,1-2H3;1H,(H2,2,3). The van der Waals surface area contributed by atoms with Crippen LogP contribution in [0.25, 0.3) is 0 Å². The first-order valence-electron chi connectivity index (χ1n) is 12.5. The third-order valence-corrected chi connectivity index (χ3v) is 7.40. The van der Waals surface area contributed by atoms with Gasteiger partial charge in [-0.3, -0.25) is 14.4 Å². The highest BCUT2D eigenvalue weighted by Gasteiger charge is 2.45. The van der Waals surface area contributed by atoms with E-state index in [1.165, 1.54) is 6.42 Å². The van der Waals surface area contributed by atoms with Crippen LogP contribution in [0.4, 0.5) is 8.87 Å². The van der Waals surface area contributed by atoms with Crippen LogP contribution in [0.3, 0.4) is 0 Å². The summed E-state index contributed by atoms with van der Waals surface area (Å²) in [5.41, 5.74) is 5.30. The van der Waals surface area contributed by atoms with E-state index in [4.69, 9.17) is 4.79 Å². The summed E-state index contributed by atoms with van der Waals surface area (Å²) in [5.74, 6) is -0.800. The van der Waals surface area contributed by atoms with E-state index in [-0.39, 0.29) is 48.2 Å². The minimum absolute atomic E-state index is 0.120. The van der Waals surface area contributed by atoms with Gasteiger partial charge in [-0.1, -0.05) is 51.3 Å². The molecule has 2 heterocycles. The van der Waals surface area contributed by atoms with E-state index < -0.39 is 12.0 Å². The van der Waals surface area contributed by atoms with Crippen molar-refractivity contribution in [1.82, 2.24) is 10.0 Å². The SMILES string of the molecule is CC(C)C(=O)C(c1cccc(C2CCCN(C(=O)C3CN3F)C2)c1F)C1CCCCC1.NC=O. The number of piperidine rings is 1. The van der Waals surface area contributed by atoms with Gasteiger partial charge in [0.15, 0.2) is 0 Å². The Labute approximate surface area is 200 Å². The highest BCUT2D eigenvalue weighted by atomic mass is 19.2. The Hall–Kier alpha value is -2.35. The van der Waals surface area contributed by atoms with Crippen LogP contribution in [0.2, 0.25) is 0 Å². The number of benzene rings is 1. The summed E-state index contributed by atoms with van der Waals surface area (Å²) >= 11 is 0. The van der Waals surface area contributed by atoms with Gasteiger partial charge < -0.3 is 10.6 Å². The predicted octanol–water partition coefficient (Wildman–Crippen LogP) is 4.09. The van der Waals surface area contributed by atoms with Crippen LogP contribution in [0.15, 0.2) is 18.2 Å². The van der Waals surface area contributed by atoms with Gasteiger partial charge in [0.25, 0.3) is 0 Å². The van der Waals surface area contributed by atoms with Crippen LogP contribution in [-0.2, 0) is 14.4 Å². The van der Waals surface area contributed by atoms with Gasteiger partial charge in [0, 0.05) is 30.8 Å². The molecule has 0 aromatic heterocycles. The van der Waals surface area contributed by atoms with Crippen LogP contribution >= 0.6 is 0 Å². The molecule has 0 spiro atoms. The van der Waals surface area contributed by atoms with Crippen molar-refractivity contribution in [2.24, 2.45) is 17.6 Å². The van der Waals surface area contributed by atoms with E-state index in [9.17, 15) is 14.1 Å². The summed E-state index contributed by atoms with van der Waals surface area (Å²) < 4.78 is 29.1. The lowest BCUT2D eigenvalue weighted by molar-refractivity contribution is -0.133. The number of hydrogen-bond acceptors (Lipinski definition) is 4. The predicted molar refractivity (Wildman–Crippen MR) is 126 cm³/mol. The molecule has 0 radical (unpaired) electrons. The summed E-state index contributed by atoms with van der Waals surface area (Å²) in [6.07, 6.45) is 7.14. The van der Waals surface area contributed by atoms with Gasteiger partial charge in [0.05, 0.1) is 6.54 Å². The molecule has 1 aliphatic carbocycles. The third kappa shape index (κ3) is 6.01. The molecular weight excluding hydrogens is 440 g/mol. The molecule has 8 heteroatoms. The average molecular weight is 478 g/mol. The fraction of sp³-hybridized carbons (Fsp3) is 0.654. The minimum Gasteiger partial charge on any atom is -0.372 e. The summed E-state index contributed by atoms with van der Waals surface area (Å²) in [5, 5.41) is 0.541. The molecule has 188 valence electrons. The van der Waals surface area contributed by atoms with E-state index in [0.717, 1.165) is 38.5 Å². The van der Waals surface area contributed by atoms with E-state index in [0.29, 0.717) is 29.3 Å². The molecular formula is C26H37F2N3O3. The molecule has 4 atom stereocenters. The van der Waals surface area contributed by atoms with E-state index in [1.807, 2.05) is 19.9 Å². The number of nitrogens with zero attached hydrogens (tertiary/aromatic N) is 2. The Morgan fingerprint density at radius 2 is 1.74 bits per heavy atom. The lowest BCUT2D eigenvalue weighted by Crippen LogP contribution is -2.42. The number of Topliss-reactive ketones (excluding diaryl/α,β-unsaturated/α-hetero) is 1. The fourth-order valence-corrected chi connectivity index (χ4v) is 5.55. The third-order valence-electron chi connectivity index (χ3n) is 7.40. The number of nitrogens with two attached hydrogens (primary N) is 1. The molecule has 2 saturated heterocycles. The number of hydrogen-bond donors (Lipinski definition) is 1. The fourth-order valence-electron chi connectivity index (χ4n) is 5.55. The smallest absolute Gasteiger partial charge is 0.244 e. The van der Waals surface area contributed by atoms with Crippen LogP contribution in [0.1, 0.15) is 81.8 Å². The van der Waals surface area contributed by atoms with Crippen molar-refractivity contribution in [1.29, 1.82) is 0 Å². The Kier molecular flexibility index (Phi) is 9.17. The van der Waals surface area contributed by atoms with Crippen molar-refractivity contribution >= 4 is 18.1 Å². The number of likely N-dealkylation sites (tertiary alicyclic amines) is 1. The number of carbonyl (C=O) groups is 3. The van der Waals surface area contributed by atoms with E-state index in [1.54, 1.807) is 17.0 Å². The van der Waals surface area contributed by atoms with Crippen molar-refractivity contribution in [2.45, 2.75) is 76.7 Å². The van der Waals surface area contributed by atoms with Crippen molar-refractivity contribution < 1.29 is 23.3 Å². The quantitative estimate of drug-likeness (QED) is 0.380. The van der Waals surface area contributed by atoms with Gasteiger partial charge in [-0.15, -0.1) is 9.60 Å². The Balaban J connectivity index is 0.00000103. The molecule has 2 N–H and O–H groups in total. The number of amides is 2.